The lowest BCUT2D eigenvalue weighted by Crippen LogP contribution is -2.37. The van der Waals surface area contributed by atoms with Gasteiger partial charge in [-0.2, -0.15) is 0 Å². The molecule has 1 amide bonds. The molecule has 2 atom stereocenters. The van der Waals surface area contributed by atoms with Gasteiger partial charge in [-0.1, -0.05) is 22.0 Å². The van der Waals surface area contributed by atoms with Gasteiger partial charge in [-0.3, -0.25) is 9.78 Å². The molecular formula is C11H15BrN2O. The van der Waals surface area contributed by atoms with Gasteiger partial charge in [-0.25, -0.2) is 0 Å². The maximum Gasteiger partial charge on any atom is 0.233 e. The zero-order valence-electron chi connectivity index (χ0n) is 8.90. The summed E-state index contributed by atoms with van der Waals surface area (Å²) in [5.74, 6) is 0.0198. The second-order valence-electron chi connectivity index (χ2n) is 3.59. The molecular weight excluding hydrogens is 256 g/mol. The Hall–Kier alpha value is -0.900. The van der Waals surface area contributed by atoms with Crippen LogP contribution in [0.1, 0.15) is 19.4 Å². The van der Waals surface area contributed by atoms with Crippen LogP contribution in [0.2, 0.25) is 0 Å². The van der Waals surface area contributed by atoms with E-state index in [0.29, 0.717) is 0 Å². The monoisotopic (exact) mass is 270 g/mol. The molecule has 0 bridgehead atoms. The van der Waals surface area contributed by atoms with Crippen molar-refractivity contribution in [2.24, 2.45) is 0 Å². The Morgan fingerprint density at radius 2 is 2.33 bits per heavy atom. The highest BCUT2D eigenvalue weighted by atomic mass is 79.9. The van der Waals surface area contributed by atoms with Crippen molar-refractivity contribution in [3.05, 3.63) is 30.1 Å². The molecule has 0 aromatic carbocycles. The quantitative estimate of drug-likeness (QED) is 0.850. The molecule has 0 saturated carbocycles. The van der Waals surface area contributed by atoms with E-state index in [9.17, 15) is 4.79 Å². The Morgan fingerprint density at radius 1 is 1.60 bits per heavy atom. The fraction of sp³-hybridized carbons (Fsp3) is 0.455. The van der Waals surface area contributed by atoms with Gasteiger partial charge in [0, 0.05) is 18.4 Å². The highest BCUT2D eigenvalue weighted by Crippen LogP contribution is 2.03. The molecule has 0 spiro atoms. The SMILES string of the molecule is CC(Cc1cccnc1)NC(=O)C(C)Br. The minimum atomic E-state index is -0.145. The summed E-state index contributed by atoms with van der Waals surface area (Å²) in [5, 5.41) is 2.91. The predicted octanol–water partition coefficient (Wildman–Crippen LogP) is 1.91. The van der Waals surface area contributed by atoms with Gasteiger partial charge in [0.1, 0.15) is 0 Å². The van der Waals surface area contributed by atoms with E-state index in [-0.39, 0.29) is 16.8 Å². The molecule has 1 N–H and O–H groups in total. The van der Waals surface area contributed by atoms with E-state index in [1.165, 1.54) is 0 Å². The van der Waals surface area contributed by atoms with Crippen molar-refractivity contribution in [2.75, 3.05) is 0 Å². The zero-order valence-corrected chi connectivity index (χ0v) is 10.5. The standard InChI is InChI=1S/C11H15BrN2O/c1-8(14-11(15)9(2)12)6-10-4-3-5-13-7-10/h3-5,7-9H,6H2,1-2H3,(H,14,15). The summed E-state index contributed by atoms with van der Waals surface area (Å²) in [7, 11) is 0. The van der Waals surface area contributed by atoms with E-state index >= 15 is 0 Å². The van der Waals surface area contributed by atoms with Crippen molar-refractivity contribution in [3.8, 4) is 0 Å². The third-order valence-corrected chi connectivity index (χ3v) is 2.43. The van der Waals surface area contributed by atoms with E-state index in [1.807, 2.05) is 32.2 Å². The van der Waals surface area contributed by atoms with Crippen LogP contribution >= 0.6 is 15.9 Å². The third kappa shape index (κ3) is 4.42. The van der Waals surface area contributed by atoms with Gasteiger partial charge in [0.15, 0.2) is 0 Å². The Labute approximate surface area is 98.4 Å². The predicted molar refractivity (Wildman–Crippen MR) is 63.9 cm³/mol. The molecule has 0 radical (unpaired) electrons. The summed E-state index contributed by atoms with van der Waals surface area (Å²) in [6.07, 6.45) is 4.37. The molecule has 1 heterocycles. The molecule has 0 aliphatic rings. The lowest BCUT2D eigenvalue weighted by Gasteiger charge is -2.14. The molecule has 82 valence electrons. The number of pyridine rings is 1. The van der Waals surface area contributed by atoms with Gasteiger partial charge in [0.05, 0.1) is 4.83 Å². The van der Waals surface area contributed by atoms with E-state index < -0.39 is 0 Å². The fourth-order valence-corrected chi connectivity index (χ4v) is 1.41. The van der Waals surface area contributed by atoms with Gasteiger partial charge in [0.2, 0.25) is 5.91 Å². The van der Waals surface area contributed by atoms with Crippen LogP contribution in [0, 0.1) is 0 Å². The third-order valence-electron chi connectivity index (χ3n) is 2.01. The van der Waals surface area contributed by atoms with Crippen molar-refractivity contribution in [2.45, 2.75) is 31.1 Å². The Balaban J connectivity index is 2.43. The number of carbonyl (C=O) groups excluding carboxylic acids is 1. The van der Waals surface area contributed by atoms with Crippen LogP contribution in [0.15, 0.2) is 24.5 Å². The Bertz CT molecular complexity index is 314. The molecule has 2 unspecified atom stereocenters. The minimum absolute atomic E-state index is 0.0198. The molecule has 0 aliphatic heterocycles. The van der Waals surface area contributed by atoms with Crippen LogP contribution < -0.4 is 5.32 Å². The van der Waals surface area contributed by atoms with Crippen molar-refractivity contribution in [1.82, 2.24) is 10.3 Å². The number of carbonyl (C=O) groups is 1. The highest BCUT2D eigenvalue weighted by Gasteiger charge is 2.12. The number of alkyl halides is 1. The number of rotatable bonds is 4. The lowest BCUT2D eigenvalue weighted by molar-refractivity contribution is -0.120. The van der Waals surface area contributed by atoms with Crippen LogP contribution in [-0.4, -0.2) is 21.8 Å². The largest absolute Gasteiger partial charge is 0.352 e. The average molecular weight is 271 g/mol. The van der Waals surface area contributed by atoms with E-state index in [4.69, 9.17) is 0 Å². The first-order valence-electron chi connectivity index (χ1n) is 4.93. The van der Waals surface area contributed by atoms with Crippen molar-refractivity contribution >= 4 is 21.8 Å². The highest BCUT2D eigenvalue weighted by molar-refractivity contribution is 9.10. The van der Waals surface area contributed by atoms with E-state index in [0.717, 1.165) is 12.0 Å². The van der Waals surface area contributed by atoms with Crippen LogP contribution in [-0.2, 0) is 11.2 Å². The number of aromatic nitrogens is 1. The number of hydrogen-bond acceptors (Lipinski definition) is 2. The normalized spacial score (nSPS) is 14.3. The number of nitrogens with one attached hydrogen (secondary N) is 1. The molecule has 1 rings (SSSR count). The van der Waals surface area contributed by atoms with Crippen molar-refractivity contribution in [1.29, 1.82) is 0 Å². The van der Waals surface area contributed by atoms with Crippen molar-refractivity contribution in [3.63, 3.8) is 0 Å². The first kappa shape index (κ1) is 12.2. The number of hydrogen-bond donors (Lipinski definition) is 1. The van der Waals surface area contributed by atoms with Gasteiger partial charge in [-0.15, -0.1) is 0 Å². The fourth-order valence-electron chi connectivity index (χ4n) is 1.28. The van der Waals surface area contributed by atoms with Gasteiger partial charge in [0.25, 0.3) is 0 Å². The topological polar surface area (TPSA) is 42.0 Å². The second kappa shape index (κ2) is 5.85. The molecule has 1 aromatic rings. The summed E-state index contributed by atoms with van der Waals surface area (Å²) < 4.78 is 0. The minimum Gasteiger partial charge on any atom is -0.352 e. The maximum absolute atomic E-state index is 11.4. The lowest BCUT2D eigenvalue weighted by atomic mass is 10.1. The van der Waals surface area contributed by atoms with E-state index in [2.05, 4.69) is 26.2 Å². The first-order chi connectivity index (χ1) is 7.09. The molecule has 0 saturated heterocycles. The zero-order chi connectivity index (χ0) is 11.3. The smallest absolute Gasteiger partial charge is 0.233 e. The number of nitrogens with zero attached hydrogens (tertiary/aromatic N) is 1. The summed E-state index contributed by atoms with van der Waals surface area (Å²) in [6.45, 7) is 3.80. The second-order valence-corrected chi connectivity index (χ2v) is 4.96. The molecule has 15 heavy (non-hydrogen) atoms. The molecule has 4 heteroatoms. The van der Waals surface area contributed by atoms with Gasteiger partial charge < -0.3 is 5.32 Å². The van der Waals surface area contributed by atoms with Crippen LogP contribution in [0.4, 0.5) is 0 Å². The molecule has 0 fully saturated rings. The summed E-state index contributed by atoms with van der Waals surface area (Å²) in [5.41, 5.74) is 1.13. The average Bonchev–Trinajstić information content (AvgIpc) is 2.18. The first-order valence-corrected chi connectivity index (χ1v) is 5.84. The number of halogens is 1. The van der Waals surface area contributed by atoms with Crippen molar-refractivity contribution < 1.29 is 4.79 Å². The van der Waals surface area contributed by atoms with Gasteiger partial charge >= 0.3 is 0 Å². The molecule has 0 aliphatic carbocycles. The number of amides is 1. The molecule has 3 nitrogen and oxygen atoms in total. The Morgan fingerprint density at radius 3 is 2.87 bits per heavy atom. The maximum atomic E-state index is 11.4. The Kier molecular flexibility index (Phi) is 4.75. The van der Waals surface area contributed by atoms with E-state index in [1.54, 1.807) is 6.20 Å². The van der Waals surface area contributed by atoms with Crippen LogP contribution in [0.3, 0.4) is 0 Å². The van der Waals surface area contributed by atoms with Crippen LogP contribution in [0.25, 0.3) is 0 Å². The summed E-state index contributed by atoms with van der Waals surface area (Å²) >= 11 is 3.23. The molecule has 1 aromatic heterocycles. The van der Waals surface area contributed by atoms with Gasteiger partial charge in [-0.05, 0) is 31.9 Å². The summed E-state index contributed by atoms with van der Waals surface area (Å²) in [4.78, 5) is 15.3. The van der Waals surface area contributed by atoms with Crippen LogP contribution in [0.5, 0.6) is 0 Å². The summed E-state index contributed by atoms with van der Waals surface area (Å²) in [6, 6.07) is 4.03.